The third kappa shape index (κ3) is 7.29. The van der Waals surface area contributed by atoms with Crippen LogP contribution in [-0.2, 0) is 16.1 Å². The molecule has 0 fully saturated rings. The number of rotatable bonds is 9. The van der Waals surface area contributed by atoms with E-state index in [0.29, 0.717) is 11.4 Å². The van der Waals surface area contributed by atoms with Crippen LogP contribution in [0.1, 0.15) is 30.3 Å². The molecular formula is C19H20KN7O6. The minimum Gasteiger partial charge on any atom is -1.00 e. The summed E-state index contributed by atoms with van der Waals surface area (Å²) in [6.07, 6.45) is 0.840. The predicted octanol–water partition coefficient (Wildman–Crippen LogP) is -2.93. The fourth-order valence-electron chi connectivity index (χ4n) is 2.75. The zero-order valence-electron chi connectivity index (χ0n) is 18.5. The molecule has 0 saturated carbocycles. The first-order chi connectivity index (χ1) is 15.2. The van der Waals surface area contributed by atoms with Crippen molar-refractivity contribution in [3.63, 3.8) is 0 Å². The Morgan fingerprint density at radius 3 is 2.48 bits per heavy atom. The number of aromatic nitrogens is 4. The van der Waals surface area contributed by atoms with E-state index in [2.05, 4.69) is 30.6 Å². The van der Waals surface area contributed by atoms with Gasteiger partial charge >= 0.3 is 63.3 Å². The standard InChI is InChI=1S/C19H19N7O6.K.H/c20-19-25-15-14(17(30)26-19)23-11(8-22-15)7-21-10-3-1-9(2-4-10)16(29)24-12(18(31)32)5-6-13(27)28;;/h1-4,8,12,21H,5-7H2,(H,24,29)(H,27,28)(H,31,32)(H3,20,22,25,26,30);;/q;+1;-1/t12-;;/m0../s1. The molecule has 3 rings (SSSR count). The van der Waals surface area contributed by atoms with Crippen molar-refractivity contribution in [1.82, 2.24) is 25.3 Å². The number of nitrogens with two attached hydrogens (primary N) is 1. The Kier molecular flexibility index (Phi) is 9.42. The number of carbonyl (C=O) groups is 3. The second-order valence-electron chi connectivity index (χ2n) is 6.71. The molecule has 7 N–H and O–H groups in total. The Hall–Kier alpha value is -2.91. The summed E-state index contributed by atoms with van der Waals surface area (Å²) in [5.74, 6) is -3.16. The summed E-state index contributed by atoms with van der Waals surface area (Å²) in [6, 6.07) is 4.86. The number of nitrogens with zero attached hydrogens (tertiary/aromatic N) is 3. The summed E-state index contributed by atoms with van der Waals surface area (Å²) in [6.45, 7) is 0.231. The molecule has 1 aromatic carbocycles. The van der Waals surface area contributed by atoms with Gasteiger partial charge in [0.1, 0.15) is 6.04 Å². The summed E-state index contributed by atoms with van der Waals surface area (Å²) >= 11 is 0. The smallest absolute Gasteiger partial charge is 1.00 e. The van der Waals surface area contributed by atoms with Gasteiger partial charge in [0.2, 0.25) is 5.95 Å². The molecule has 2 aromatic heterocycles. The quantitative estimate of drug-likeness (QED) is 0.170. The minimum atomic E-state index is -1.31. The van der Waals surface area contributed by atoms with Crippen LogP contribution < -0.4 is 73.3 Å². The Balaban J connectivity index is 0.00000289. The van der Waals surface area contributed by atoms with E-state index in [9.17, 15) is 19.2 Å². The van der Waals surface area contributed by atoms with E-state index >= 15 is 0 Å². The van der Waals surface area contributed by atoms with Crippen molar-refractivity contribution in [2.24, 2.45) is 0 Å². The van der Waals surface area contributed by atoms with Gasteiger partial charge in [0, 0.05) is 17.7 Å². The monoisotopic (exact) mass is 481 g/mol. The summed E-state index contributed by atoms with van der Waals surface area (Å²) in [5.41, 5.74) is 6.47. The molecule has 0 unspecified atom stereocenters. The van der Waals surface area contributed by atoms with Crippen LogP contribution in [0.5, 0.6) is 0 Å². The number of fused-ring (bicyclic) bond motifs is 1. The van der Waals surface area contributed by atoms with Gasteiger partial charge in [-0.15, -0.1) is 0 Å². The molecule has 14 heteroatoms. The molecule has 0 radical (unpaired) electrons. The molecule has 1 amide bonds. The summed E-state index contributed by atoms with van der Waals surface area (Å²) in [5, 5.41) is 23.2. The van der Waals surface area contributed by atoms with E-state index in [-0.39, 0.29) is 94.9 Å². The molecule has 0 aliphatic rings. The van der Waals surface area contributed by atoms with Crippen LogP contribution in [0.25, 0.3) is 11.2 Å². The van der Waals surface area contributed by atoms with Crippen molar-refractivity contribution in [3.05, 3.63) is 52.1 Å². The van der Waals surface area contributed by atoms with Crippen molar-refractivity contribution >= 4 is 40.6 Å². The second-order valence-corrected chi connectivity index (χ2v) is 6.71. The van der Waals surface area contributed by atoms with Crippen molar-refractivity contribution in [1.29, 1.82) is 0 Å². The number of amides is 1. The Morgan fingerprint density at radius 2 is 1.85 bits per heavy atom. The second kappa shape index (κ2) is 11.8. The largest absolute Gasteiger partial charge is 1.00 e. The fourth-order valence-corrected chi connectivity index (χ4v) is 2.75. The first-order valence-corrected chi connectivity index (χ1v) is 9.33. The first-order valence-electron chi connectivity index (χ1n) is 9.33. The number of hydrogen-bond acceptors (Lipinski definition) is 9. The number of aliphatic carboxylic acids is 2. The predicted molar refractivity (Wildman–Crippen MR) is 113 cm³/mol. The van der Waals surface area contributed by atoms with E-state index in [4.69, 9.17) is 15.9 Å². The first kappa shape index (κ1) is 26.3. The molecule has 1 atom stereocenters. The van der Waals surface area contributed by atoms with Crippen molar-refractivity contribution in [2.45, 2.75) is 25.4 Å². The molecular weight excluding hydrogens is 461 g/mol. The maximum atomic E-state index is 12.3. The van der Waals surface area contributed by atoms with Crippen LogP contribution in [0.4, 0.5) is 11.6 Å². The molecule has 0 spiro atoms. The molecule has 0 aliphatic carbocycles. The van der Waals surface area contributed by atoms with Crippen molar-refractivity contribution in [3.8, 4) is 0 Å². The van der Waals surface area contributed by atoms with Crippen LogP contribution >= 0.6 is 0 Å². The van der Waals surface area contributed by atoms with E-state index in [1.165, 1.54) is 18.3 Å². The average molecular weight is 482 g/mol. The number of nitrogens with one attached hydrogen (secondary N) is 3. The van der Waals surface area contributed by atoms with Gasteiger partial charge in [-0.05, 0) is 30.7 Å². The number of H-pyrrole nitrogens is 1. The van der Waals surface area contributed by atoms with Gasteiger partial charge < -0.3 is 28.0 Å². The molecule has 2 heterocycles. The topological polar surface area (TPSA) is 213 Å². The van der Waals surface area contributed by atoms with Crippen LogP contribution in [0.3, 0.4) is 0 Å². The van der Waals surface area contributed by atoms with Gasteiger partial charge in [-0.1, -0.05) is 0 Å². The molecule has 3 aromatic rings. The van der Waals surface area contributed by atoms with Crippen molar-refractivity contribution < 1.29 is 77.4 Å². The maximum Gasteiger partial charge on any atom is 1.00 e. The van der Waals surface area contributed by atoms with Gasteiger partial charge in [-0.3, -0.25) is 19.4 Å². The van der Waals surface area contributed by atoms with Crippen molar-refractivity contribution in [2.75, 3.05) is 11.1 Å². The number of anilines is 2. The van der Waals surface area contributed by atoms with Crippen LogP contribution in [-0.4, -0.2) is 54.0 Å². The van der Waals surface area contributed by atoms with Gasteiger partial charge in [0.15, 0.2) is 11.2 Å². The summed E-state index contributed by atoms with van der Waals surface area (Å²) < 4.78 is 0. The maximum absolute atomic E-state index is 12.3. The Morgan fingerprint density at radius 1 is 1.15 bits per heavy atom. The third-order valence-corrected chi connectivity index (χ3v) is 4.36. The summed E-state index contributed by atoms with van der Waals surface area (Å²) in [7, 11) is 0. The number of carboxylic acid groups (broad SMARTS) is 2. The molecule has 0 saturated heterocycles. The molecule has 168 valence electrons. The zero-order chi connectivity index (χ0) is 23.3. The van der Waals surface area contributed by atoms with E-state index < -0.39 is 29.4 Å². The Labute approximate surface area is 230 Å². The van der Waals surface area contributed by atoms with Gasteiger partial charge in [-0.2, -0.15) is 4.98 Å². The summed E-state index contributed by atoms with van der Waals surface area (Å²) in [4.78, 5) is 60.6. The number of hydrogen-bond donors (Lipinski definition) is 6. The van der Waals surface area contributed by atoms with E-state index in [1.807, 2.05) is 0 Å². The number of carbonyl (C=O) groups excluding carboxylic acids is 1. The molecule has 0 aliphatic heterocycles. The van der Waals surface area contributed by atoms with E-state index in [1.54, 1.807) is 12.1 Å². The van der Waals surface area contributed by atoms with E-state index in [0.717, 1.165) is 0 Å². The zero-order valence-corrected chi connectivity index (χ0v) is 20.7. The van der Waals surface area contributed by atoms with Crippen LogP contribution in [0.2, 0.25) is 0 Å². The molecule has 13 nitrogen and oxygen atoms in total. The van der Waals surface area contributed by atoms with Crippen LogP contribution in [0, 0.1) is 0 Å². The molecule has 0 bridgehead atoms. The van der Waals surface area contributed by atoms with Gasteiger partial charge in [-0.25, -0.2) is 14.8 Å². The normalized spacial score (nSPS) is 11.3. The van der Waals surface area contributed by atoms with Crippen LogP contribution in [0.15, 0.2) is 35.3 Å². The van der Waals surface area contributed by atoms with Gasteiger partial charge in [0.25, 0.3) is 11.5 Å². The minimum absolute atomic E-state index is 0. The third-order valence-electron chi connectivity index (χ3n) is 4.36. The SMILES string of the molecule is Nc1nc2ncc(CNc3ccc(C(=O)N[C@@H](CCC(=O)O)C(=O)O)cc3)nc2c(=O)[nH]1.[H-].[K+]. The number of nitrogen functional groups attached to an aromatic ring is 1. The Bertz CT molecular complexity index is 1240. The number of carboxylic acids is 2. The molecule has 33 heavy (non-hydrogen) atoms. The number of aromatic amines is 1. The van der Waals surface area contributed by atoms with Gasteiger partial charge in [0.05, 0.1) is 18.4 Å². The number of benzene rings is 1. The average Bonchev–Trinajstić information content (AvgIpc) is 2.75. The fraction of sp³-hybridized carbons (Fsp3) is 0.211.